The minimum atomic E-state index is -1.18. The van der Waals surface area contributed by atoms with E-state index in [1.54, 1.807) is 19.1 Å². The zero-order chi connectivity index (χ0) is 13.8. The molecule has 0 fully saturated rings. The van der Waals surface area contributed by atoms with Crippen LogP contribution in [-0.4, -0.2) is 19.6 Å². The summed E-state index contributed by atoms with van der Waals surface area (Å²) in [5.41, 5.74) is -0.907. The van der Waals surface area contributed by atoms with Gasteiger partial charge in [-0.2, -0.15) is 0 Å². The molecule has 5 heteroatoms. The van der Waals surface area contributed by atoms with Crippen molar-refractivity contribution in [3.05, 3.63) is 34.1 Å². The van der Waals surface area contributed by atoms with Gasteiger partial charge in [0.1, 0.15) is 11.4 Å². The quantitative estimate of drug-likeness (QED) is 0.848. The van der Waals surface area contributed by atoms with E-state index in [9.17, 15) is 9.18 Å². The van der Waals surface area contributed by atoms with Crippen molar-refractivity contribution in [2.75, 3.05) is 13.7 Å². The maximum absolute atomic E-state index is 13.9. The first-order valence-electron chi connectivity index (χ1n) is 5.74. The Bertz CT molecular complexity index is 439. The lowest BCUT2D eigenvalue weighted by Gasteiger charge is -2.29. The monoisotopic (exact) mass is 317 g/mol. The lowest BCUT2D eigenvalue weighted by atomic mass is 9.91. The molecule has 0 radical (unpaired) electrons. The Hall–Kier alpha value is -0.940. The van der Waals surface area contributed by atoms with Crippen LogP contribution in [0.1, 0.15) is 25.8 Å². The maximum Gasteiger partial charge on any atom is 0.330 e. The number of methoxy groups -OCH3 is 1. The fraction of sp³-hybridized carbons (Fsp3) is 0.462. The molecular weight excluding hydrogens is 301 g/mol. The highest BCUT2D eigenvalue weighted by Gasteiger charge is 2.38. The minimum Gasteiger partial charge on any atom is -0.467 e. The smallest absolute Gasteiger partial charge is 0.330 e. The molecule has 0 aromatic heterocycles. The number of esters is 1. The third kappa shape index (κ3) is 3.09. The predicted molar refractivity (Wildman–Crippen MR) is 71.8 cm³/mol. The Labute approximate surface area is 115 Å². The van der Waals surface area contributed by atoms with E-state index in [4.69, 9.17) is 4.74 Å². The first kappa shape index (κ1) is 15.1. The summed E-state index contributed by atoms with van der Waals surface area (Å²) in [4.78, 5) is 11.9. The maximum atomic E-state index is 13.9. The van der Waals surface area contributed by atoms with Crippen molar-refractivity contribution in [3.8, 4) is 0 Å². The number of carbonyl (C=O) groups is 1. The summed E-state index contributed by atoms with van der Waals surface area (Å²) in [6, 6.07) is 4.51. The van der Waals surface area contributed by atoms with E-state index in [0.717, 1.165) is 6.42 Å². The van der Waals surface area contributed by atoms with Crippen LogP contribution in [0.25, 0.3) is 0 Å². The van der Waals surface area contributed by atoms with Crippen LogP contribution in [0.4, 0.5) is 4.39 Å². The first-order valence-corrected chi connectivity index (χ1v) is 6.54. The Morgan fingerprint density at radius 3 is 2.78 bits per heavy atom. The van der Waals surface area contributed by atoms with Crippen molar-refractivity contribution < 1.29 is 13.9 Å². The number of hydrogen-bond donors (Lipinski definition) is 1. The highest BCUT2D eigenvalue weighted by Crippen LogP contribution is 2.28. The van der Waals surface area contributed by atoms with Crippen LogP contribution in [0.2, 0.25) is 0 Å². The molecule has 3 nitrogen and oxygen atoms in total. The third-order valence-electron chi connectivity index (χ3n) is 2.79. The molecule has 1 N–H and O–H groups in total. The van der Waals surface area contributed by atoms with Crippen LogP contribution in [0, 0.1) is 5.82 Å². The summed E-state index contributed by atoms with van der Waals surface area (Å²) in [5.74, 6) is -0.942. The van der Waals surface area contributed by atoms with E-state index >= 15 is 0 Å². The van der Waals surface area contributed by atoms with E-state index in [1.165, 1.54) is 13.2 Å². The van der Waals surface area contributed by atoms with Gasteiger partial charge in [0.05, 0.1) is 7.11 Å². The predicted octanol–water partition coefficient (Wildman–Crippen LogP) is 2.98. The highest BCUT2D eigenvalue weighted by atomic mass is 79.9. The van der Waals surface area contributed by atoms with Gasteiger partial charge in [-0.15, -0.1) is 0 Å². The minimum absolute atomic E-state index is 0.275. The fourth-order valence-corrected chi connectivity index (χ4v) is 2.10. The Kier molecular flexibility index (Phi) is 5.28. The van der Waals surface area contributed by atoms with Crippen molar-refractivity contribution in [2.24, 2.45) is 0 Å². The number of nitrogens with one attached hydrogen (secondary N) is 1. The van der Waals surface area contributed by atoms with Gasteiger partial charge in [0, 0.05) is 10.0 Å². The van der Waals surface area contributed by atoms with Gasteiger partial charge >= 0.3 is 5.97 Å². The van der Waals surface area contributed by atoms with E-state index in [-0.39, 0.29) is 5.56 Å². The largest absolute Gasteiger partial charge is 0.467 e. The van der Waals surface area contributed by atoms with E-state index in [0.29, 0.717) is 11.0 Å². The molecule has 0 aliphatic carbocycles. The van der Waals surface area contributed by atoms with Gasteiger partial charge in [-0.3, -0.25) is 5.32 Å². The number of hydrogen-bond acceptors (Lipinski definition) is 3. The lowest BCUT2D eigenvalue weighted by molar-refractivity contribution is -0.148. The molecule has 1 atom stereocenters. The first-order chi connectivity index (χ1) is 8.45. The molecule has 0 saturated heterocycles. The van der Waals surface area contributed by atoms with Gasteiger partial charge < -0.3 is 4.74 Å². The van der Waals surface area contributed by atoms with Crippen LogP contribution >= 0.6 is 15.9 Å². The molecule has 18 heavy (non-hydrogen) atoms. The number of carbonyl (C=O) groups excluding carboxylic acids is 1. The van der Waals surface area contributed by atoms with Crippen LogP contribution < -0.4 is 5.32 Å². The van der Waals surface area contributed by atoms with Gasteiger partial charge in [0.25, 0.3) is 0 Å². The molecule has 0 aliphatic rings. The lowest BCUT2D eigenvalue weighted by Crippen LogP contribution is -2.48. The molecular formula is C13H17BrFNO2. The van der Waals surface area contributed by atoms with Crippen molar-refractivity contribution in [1.29, 1.82) is 0 Å². The molecule has 100 valence electrons. The second-order valence-electron chi connectivity index (χ2n) is 4.17. The molecule has 0 saturated carbocycles. The number of rotatable bonds is 5. The average Bonchev–Trinajstić information content (AvgIpc) is 2.37. The Morgan fingerprint density at radius 2 is 2.22 bits per heavy atom. The van der Waals surface area contributed by atoms with Gasteiger partial charge in [-0.25, -0.2) is 9.18 Å². The van der Waals surface area contributed by atoms with E-state index in [1.807, 2.05) is 6.92 Å². The molecule has 0 bridgehead atoms. The Morgan fingerprint density at radius 1 is 1.56 bits per heavy atom. The fourth-order valence-electron chi connectivity index (χ4n) is 1.74. The van der Waals surface area contributed by atoms with Gasteiger partial charge in [0.2, 0.25) is 0 Å². The molecule has 1 rings (SSSR count). The molecule has 0 heterocycles. The number of halogens is 2. The zero-order valence-electron chi connectivity index (χ0n) is 10.7. The average molecular weight is 318 g/mol. The summed E-state index contributed by atoms with van der Waals surface area (Å²) < 4.78 is 19.4. The summed E-state index contributed by atoms with van der Waals surface area (Å²) in [7, 11) is 1.30. The van der Waals surface area contributed by atoms with Crippen LogP contribution in [0.15, 0.2) is 22.7 Å². The van der Waals surface area contributed by atoms with Crippen molar-refractivity contribution in [3.63, 3.8) is 0 Å². The molecule has 0 aliphatic heterocycles. The third-order valence-corrected chi connectivity index (χ3v) is 3.28. The Balaban J connectivity index is 3.24. The molecule has 1 unspecified atom stereocenters. The normalized spacial score (nSPS) is 14.1. The van der Waals surface area contributed by atoms with Crippen LogP contribution in [0.5, 0.6) is 0 Å². The standard InChI is InChI=1S/C13H17BrFNO2/c1-4-7-16-13(2,12(17)18-3)10-8-9(14)5-6-11(10)15/h5-6,8,16H,4,7H2,1-3H3. The zero-order valence-corrected chi connectivity index (χ0v) is 12.3. The molecule has 1 aromatic rings. The van der Waals surface area contributed by atoms with Crippen LogP contribution in [-0.2, 0) is 15.1 Å². The van der Waals surface area contributed by atoms with Crippen molar-refractivity contribution in [1.82, 2.24) is 5.32 Å². The SMILES string of the molecule is CCCNC(C)(C(=O)OC)c1cc(Br)ccc1F. The summed E-state index contributed by atoms with van der Waals surface area (Å²) in [6.45, 7) is 4.19. The highest BCUT2D eigenvalue weighted by molar-refractivity contribution is 9.10. The van der Waals surface area contributed by atoms with E-state index < -0.39 is 17.3 Å². The van der Waals surface area contributed by atoms with Gasteiger partial charge in [0.15, 0.2) is 0 Å². The van der Waals surface area contributed by atoms with Crippen molar-refractivity contribution >= 4 is 21.9 Å². The number of benzene rings is 1. The topological polar surface area (TPSA) is 38.3 Å². The summed E-state index contributed by atoms with van der Waals surface area (Å²) in [5, 5.41) is 3.05. The van der Waals surface area contributed by atoms with Crippen molar-refractivity contribution in [2.45, 2.75) is 25.8 Å². The second-order valence-corrected chi connectivity index (χ2v) is 5.08. The van der Waals surface area contributed by atoms with Gasteiger partial charge in [-0.1, -0.05) is 22.9 Å². The molecule has 0 spiro atoms. The second kappa shape index (κ2) is 6.29. The number of ether oxygens (including phenoxy) is 1. The summed E-state index contributed by atoms with van der Waals surface area (Å²) >= 11 is 3.28. The summed E-state index contributed by atoms with van der Waals surface area (Å²) in [6.07, 6.45) is 0.836. The molecule has 0 amide bonds. The van der Waals surface area contributed by atoms with Crippen LogP contribution in [0.3, 0.4) is 0 Å². The molecule has 1 aromatic carbocycles. The van der Waals surface area contributed by atoms with Gasteiger partial charge in [-0.05, 0) is 38.1 Å². The van der Waals surface area contributed by atoms with E-state index in [2.05, 4.69) is 21.2 Å².